The van der Waals surface area contributed by atoms with Crippen molar-refractivity contribution in [3.63, 3.8) is 0 Å². The maximum absolute atomic E-state index is 13.8. The van der Waals surface area contributed by atoms with Crippen LogP contribution in [0.5, 0.6) is 0 Å². The summed E-state index contributed by atoms with van der Waals surface area (Å²) in [6, 6.07) is 4.67. The molecule has 0 aliphatic rings. The van der Waals surface area contributed by atoms with Gasteiger partial charge in [0.15, 0.2) is 16.8 Å². The first-order valence-electron chi connectivity index (χ1n) is 5.06. The van der Waals surface area contributed by atoms with Crippen molar-refractivity contribution < 1.29 is 12.8 Å². The quantitative estimate of drug-likeness (QED) is 0.838. The molecule has 0 fully saturated rings. The molecule has 106 valence electrons. The van der Waals surface area contributed by atoms with E-state index >= 15 is 0 Å². The first kappa shape index (κ1) is 14.8. The van der Waals surface area contributed by atoms with Crippen LogP contribution >= 0.6 is 23.2 Å². The molecule has 0 atom stereocenters. The Labute approximate surface area is 123 Å². The Bertz CT molecular complexity index is 753. The minimum absolute atomic E-state index is 0.0129. The highest BCUT2D eigenvalue weighted by molar-refractivity contribution is 7.92. The van der Waals surface area contributed by atoms with Gasteiger partial charge in [0.2, 0.25) is 0 Å². The van der Waals surface area contributed by atoms with Gasteiger partial charge in [0.1, 0.15) is 4.90 Å². The van der Waals surface area contributed by atoms with Crippen molar-refractivity contribution in [2.75, 3.05) is 10.5 Å². The molecule has 20 heavy (non-hydrogen) atoms. The summed E-state index contributed by atoms with van der Waals surface area (Å²) in [6.45, 7) is 0. The fourth-order valence-corrected chi connectivity index (χ4v) is 2.86. The molecule has 2 rings (SSSR count). The summed E-state index contributed by atoms with van der Waals surface area (Å²) < 4.78 is 39.9. The van der Waals surface area contributed by atoms with Crippen molar-refractivity contribution in [2.24, 2.45) is 0 Å². The number of nitrogen functional groups attached to an aromatic ring is 1. The second-order valence-corrected chi connectivity index (χ2v) is 6.11. The van der Waals surface area contributed by atoms with E-state index in [1.165, 1.54) is 12.1 Å². The lowest BCUT2D eigenvalue weighted by Crippen LogP contribution is -2.16. The van der Waals surface area contributed by atoms with Crippen LogP contribution < -0.4 is 10.5 Å². The minimum atomic E-state index is -4.24. The number of aromatic nitrogens is 2. The second-order valence-electron chi connectivity index (χ2n) is 3.66. The standard InChI is InChI=1S/C10H7Cl2FN4O2S/c11-6-3-5(14)4-7(10(6)13)20(18,19)17-9-2-1-8(12)15-16-9/h1-4H,14H2,(H,16,17). The molecule has 3 N–H and O–H groups in total. The van der Waals surface area contributed by atoms with E-state index in [-0.39, 0.29) is 16.7 Å². The van der Waals surface area contributed by atoms with Crippen LogP contribution in [0.15, 0.2) is 29.2 Å². The van der Waals surface area contributed by atoms with Crippen LogP contribution in [0.1, 0.15) is 0 Å². The van der Waals surface area contributed by atoms with E-state index < -0.39 is 25.8 Å². The maximum Gasteiger partial charge on any atom is 0.266 e. The van der Waals surface area contributed by atoms with Gasteiger partial charge >= 0.3 is 0 Å². The molecular weight excluding hydrogens is 330 g/mol. The predicted molar refractivity (Wildman–Crippen MR) is 73.7 cm³/mol. The van der Waals surface area contributed by atoms with Gasteiger partial charge in [-0.1, -0.05) is 23.2 Å². The third-order valence-electron chi connectivity index (χ3n) is 2.18. The number of hydrogen-bond donors (Lipinski definition) is 2. The Kier molecular flexibility index (Phi) is 3.98. The Morgan fingerprint density at radius 2 is 1.90 bits per heavy atom. The summed E-state index contributed by atoms with van der Waals surface area (Å²) in [5.74, 6) is -1.22. The van der Waals surface area contributed by atoms with Gasteiger partial charge in [-0.3, -0.25) is 4.72 Å². The number of benzene rings is 1. The van der Waals surface area contributed by atoms with Gasteiger partial charge in [0.25, 0.3) is 10.0 Å². The maximum atomic E-state index is 13.8. The highest BCUT2D eigenvalue weighted by atomic mass is 35.5. The molecule has 0 unspecified atom stereocenters. The predicted octanol–water partition coefficient (Wildman–Crippen LogP) is 2.31. The normalized spacial score (nSPS) is 11.3. The van der Waals surface area contributed by atoms with Crippen LogP contribution in [0.2, 0.25) is 10.2 Å². The summed E-state index contributed by atoms with van der Waals surface area (Å²) >= 11 is 11.1. The number of rotatable bonds is 3. The molecule has 2 aromatic rings. The lowest BCUT2D eigenvalue weighted by molar-refractivity contribution is 0.570. The van der Waals surface area contributed by atoms with Gasteiger partial charge in [0, 0.05) is 5.69 Å². The second kappa shape index (κ2) is 5.39. The van der Waals surface area contributed by atoms with Crippen molar-refractivity contribution in [1.29, 1.82) is 0 Å². The summed E-state index contributed by atoms with van der Waals surface area (Å²) in [5, 5.41) is 6.66. The number of halogens is 3. The van der Waals surface area contributed by atoms with Crippen LogP contribution in [0.25, 0.3) is 0 Å². The van der Waals surface area contributed by atoms with Gasteiger partial charge in [-0.25, -0.2) is 12.8 Å². The molecule has 0 aliphatic heterocycles. The van der Waals surface area contributed by atoms with Gasteiger partial charge < -0.3 is 5.73 Å². The first-order valence-corrected chi connectivity index (χ1v) is 7.30. The van der Waals surface area contributed by atoms with E-state index in [9.17, 15) is 12.8 Å². The molecule has 10 heteroatoms. The average molecular weight is 337 g/mol. The smallest absolute Gasteiger partial charge is 0.266 e. The molecule has 0 amide bonds. The molecule has 1 aromatic heterocycles. The molecular formula is C10H7Cl2FN4O2S. The first-order chi connectivity index (χ1) is 9.29. The highest BCUT2D eigenvalue weighted by Crippen LogP contribution is 2.26. The van der Waals surface area contributed by atoms with Gasteiger partial charge in [-0.15, -0.1) is 10.2 Å². The van der Waals surface area contributed by atoms with Crippen LogP contribution in [-0.4, -0.2) is 18.6 Å². The summed E-state index contributed by atoms with van der Waals surface area (Å²) in [5.41, 5.74) is 5.46. The Hall–Kier alpha value is -1.64. The van der Waals surface area contributed by atoms with Crippen LogP contribution in [0.3, 0.4) is 0 Å². The third kappa shape index (κ3) is 3.09. The van der Waals surface area contributed by atoms with E-state index in [1.54, 1.807) is 0 Å². The fourth-order valence-electron chi connectivity index (χ4n) is 1.34. The van der Waals surface area contributed by atoms with E-state index in [0.717, 1.165) is 12.1 Å². The van der Waals surface area contributed by atoms with Gasteiger partial charge in [-0.05, 0) is 24.3 Å². The van der Waals surface area contributed by atoms with E-state index in [1.807, 2.05) is 4.72 Å². The van der Waals surface area contributed by atoms with Gasteiger partial charge in [-0.2, -0.15) is 0 Å². The number of nitrogens with two attached hydrogens (primary N) is 1. The highest BCUT2D eigenvalue weighted by Gasteiger charge is 2.22. The minimum Gasteiger partial charge on any atom is -0.399 e. The summed E-state index contributed by atoms with van der Waals surface area (Å²) in [7, 11) is -4.24. The fraction of sp³-hybridized carbons (Fsp3) is 0. The molecule has 0 saturated heterocycles. The lowest BCUT2D eigenvalue weighted by atomic mass is 10.3. The Morgan fingerprint density at radius 1 is 1.20 bits per heavy atom. The van der Waals surface area contributed by atoms with Crippen LogP contribution in [0, 0.1) is 5.82 Å². The van der Waals surface area contributed by atoms with E-state index in [0.29, 0.717) is 0 Å². The van der Waals surface area contributed by atoms with Crippen molar-refractivity contribution >= 4 is 44.7 Å². The largest absolute Gasteiger partial charge is 0.399 e. The molecule has 6 nitrogen and oxygen atoms in total. The summed E-state index contributed by atoms with van der Waals surface area (Å²) in [6.07, 6.45) is 0. The molecule has 0 saturated carbocycles. The lowest BCUT2D eigenvalue weighted by Gasteiger charge is -2.09. The third-order valence-corrected chi connectivity index (χ3v) is 4.01. The van der Waals surface area contributed by atoms with E-state index in [2.05, 4.69) is 10.2 Å². The molecule has 0 aliphatic carbocycles. The average Bonchev–Trinajstić information content (AvgIpc) is 2.36. The van der Waals surface area contributed by atoms with Crippen molar-refractivity contribution in [3.8, 4) is 0 Å². The van der Waals surface area contributed by atoms with Crippen molar-refractivity contribution in [3.05, 3.63) is 40.3 Å². The van der Waals surface area contributed by atoms with Crippen molar-refractivity contribution in [1.82, 2.24) is 10.2 Å². The monoisotopic (exact) mass is 336 g/mol. The van der Waals surface area contributed by atoms with Crippen molar-refractivity contribution in [2.45, 2.75) is 4.90 Å². The molecule has 1 aromatic carbocycles. The Balaban J connectivity index is 2.43. The van der Waals surface area contributed by atoms with Crippen LogP contribution in [0.4, 0.5) is 15.9 Å². The number of nitrogens with one attached hydrogen (secondary N) is 1. The zero-order chi connectivity index (χ0) is 14.9. The molecule has 1 heterocycles. The number of anilines is 2. The molecule has 0 radical (unpaired) electrons. The topological polar surface area (TPSA) is 98.0 Å². The Morgan fingerprint density at radius 3 is 2.50 bits per heavy atom. The number of sulfonamides is 1. The number of hydrogen-bond acceptors (Lipinski definition) is 5. The summed E-state index contributed by atoms with van der Waals surface area (Å²) in [4.78, 5) is -0.681. The molecule has 0 spiro atoms. The number of nitrogens with zero attached hydrogens (tertiary/aromatic N) is 2. The zero-order valence-corrected chi connectivity index (χ0v) is 12.0. The zero-order valence-electron chi connectivity index (χ0n) is 9.64. The SMILES string of the molecule is Nc1cc(Cl)c(F)c(S(=O)(=O)Nc2ccc(Cl)nn2)c1. The van der Waals surface area contributed by atoms with Crippen LogP contribution in [-0.2, 0) is 10.0 Å². The molecule has 0 bridgehead atoms. The van der Waals surface area contributed by atoms with E-state index in [4.69, 9.17) is 28.9 Å². The van der Waals surface area contributed by atoms with Gasteiger partial charge in [0.05, 0.1) is 5.02 Å².